The number of H-pyrrole nitrogens is 1. The molecule has 5 nitrogen and oxygen atoms in total. The molecule has 1 aliphatic carbocycles. The number of anilines is 1. The van der Waals surface area contributed by atoms with Crippen LogP contribution in [-0.2, 0) is 13.1 Å². The minimum Gasteiger partial charge on any atom is -0.872 e. The van der Waals surface area contributed by atoms with Gasteiger partial charge in [-0.25, -0.2) is 4.98 Å². The van der Waals surface area contributed by atoms with E-state index in [9.17, 15) is 5.11 Å². The predicted octanol–water partition coefficient (Wildman–Crippen LogP) is 5.15. The minimum absolute atomic E-state index is 0.0519. The standard InChI is InChI=1S/C30H26N4OS2/c1-3-33-23-12-5-7-14-25(23)36-27(33)17-21-29(32-19-20-11-9-10-16-31-20)22(30(21)35)18-28-34(4-2)24-13-6-8-15-26(24)37-28/h5-18H,3-4,19H2,1-2H3/p+1. The fourth-order valence-corrected chi connectivity index (χ4v) is 7.13. The van der Waals surface area contributed by atoms with Gasteiger partial charge in [0.1, 0.15) is 17.8 Å². The number of rotatable bonds is 6. The van der Waals surface area contributed by atoms with Crippen LogP contribution in [0.4, 0.5) is 5.69 Å². The van der Waals surface area contributed by atoms with Crippen molar-refractivity contribution in [1.29, 1.82) is 0 Å². The van der Waals surface area contributed by atoms with Gasteiger partial charge < -0.3 is 10.0 Å². The fraction of sp³-hybridized carbons (Fsp3) is 0.167. The van der Waals surface area contributed by atoms with Gasteiger partial charge in [0.25, 0.3) is 5.01 Å². The number of hydrogen-bond donors (Lipinski definition) is 0. The second kappa shape index (κ2) is 10.00. The first-order valence-corrected chi connectivity index (χ1v) is 14.1. The van der Waals surface area contributed by atoms with E-state index < -0.39 is 0 Å². The topological polar surface area (TPSA) is 56.7 Å². The zero-order valence-electron chi connectivity index (χ0n) is 20.8. The van der Waals surface area contributed by atoms with E-state index in [1.165, 1.54) is 20.8 Å². The van der Waals surface area contributed by atoms with Gasteiger partial charge in [0.2, 0.25) is 11.2 Å². The van der Waals surface area contributed by atoms with Crippen LogP contribution in [0.25, 0.3) is 16.3 Å². The molecule has 0 fully saturated rings. The van der Waals surface area contributed by atoms with Crippen LogP contribution in [0.15, 0.2) is 111 Å². The number of pyridine rings is 1. The molecule has 2 aliphatic rings. The maximum absolute atomic E-state index is 13.6. The number of thiazole rings is 1. The highest BCUT2D eigenvalue weighted by Gasteiger charge is 2.30. The number of nitrogens with one attached hydrogen (secondary N) is 1. The zero-order valence-corrected chi connectivity index (χ0v) is 22.4. The van der Waals surface area contributed by atoms with E-state index in [4.69, 9.17) is 4.99 Å². The number of thioether (sulfide) groups is 1. The van der Waals surface area contributed by atoms with Gasteiger partial charge in [-0.1, -0.05) is 59.2 Å². The molecule has 0 radical (unpaired) electrons. The third-order valence-corrected chi connectivity index (χ3v) is 8.85. The van der Waals surface area contributed by atoms with Crippen molar-refractivity contribution >= 4 is 50.8 Å². The molecule has 0 bridgehead atoms. The highest BCUT2D eigenvalue weighted by atomic mass is 32.2. The Kier molecular flexibility index (Phi) is 6.40. The van der Waals surface area contributed by atoms with E-state index in [-0.39, 0.29) is 5.76 Å². The van der Waals surface area contributed by atoms with Crippen LogP contribution >= 0.6 is 23.1 Å². The molecule has 0 spiro atoms. The Morgan fingerprint density at radius 2 is 1.81 bits per heavy atom. The summed E-state index contributed by atoms with van der Waals surface area (Å²) in [6, 6.07) is 22.7. The number of benzene rings is 2. The van der Waals surface area contributed by atoms with Gasteiger partial charge in [-0.2, -0.15) is 4.57 Å². The van der Waals surface area contributed by atoms with Crippen molar-refractivity contribution in [3.63, 3.8) is 0 Å². The van der Waals surface area contributed by atoms with Crippen molar-refractivity contribution in [2.45, 2.75) is 31.8 Å². The summed E-state index contributed by atoms with van der Waals surface area (Å²) in [6.45, 7) is 6.44. The molecule has 0 saturated heterocycles. The summed E-state index contributed by atoms with van der Waals surface area (Å²) in [6.07, 6.45) is 5.96. The average molecular weight is 524 g/mol. The third kappa shape index (κ3) is 4.28. The van der Waals surface area contributed by atoms with E-state index >= 15 is 0 Å². The van der Waals surface area contributed by atoms with Crippen LogP contribution in [0.5, 0.6) is 0 Å². The number of aromatic amines is 1. The Bertz CT molecular complexity index is 1620. The van der Waals surface area contributed by atoms with Crippen molar-refractivity contribution in [2.75, 3.05) is 11.4 Å². The van der Waals surface area contributed by atoms with Crippen molar-refractivity contribution < 1.29 is 14.7 Å². The summed E-state index contributed by atoms with van der Waals surface area (Å²) in [5.74, 6) is 0.0519. The number of aliphatic imine (C=N–C) groups is 1. The van der Waals surface area contributed by atoms with E-state index in [1.54, 1.807) is 23.1 Å². The third-order valence-electron chi connectivity index (χ3n) is 6.62. The lowest BCUT2D eigenvalue weighted by atomic mass is 9.86. The molecule has 184 valence electrons. The minimum atomic E-state index is 0.0519. The number of para-hydroxylation sites is 2. The number of nitrogens with zero attached hydrogens (tertiary/aromatic N) is 3. The summed E-state index contributed by atoms with van der Waals surface area (Å²) < 4.78 is 3.48. The lowest BCUT2D eigenvalue weighted by Gasteiger charge is -2.33. The maximum atomic E-state index is 13.6. The smallest absolute Gasteiger partial charge is 0.263 e. The first-order chi connectivity index (χ1) is 18.2. The van der Waals surface area contributed by atoms with E-state index in [1.807, 2.05) is 36.5 Å². The van der Waals surface area contributed by atoms with Crippen molar-refractivity contribution in [3.05, 3.63) is 112 Å². The van der Waals surface area contributed by atoms with Gasteiger partial charge >= 0.3 is 0 Å². The quantitative estimate of drug-likeness (QED) is 0.329. The summed E-state index contributed by atoms with van der Waals surface area (Å²) in [5, 5.41) is 15.7. The van der Waals surface area contributed by atoms with Gasteiger partial charge in [0.05, 0.1) is 16.4 Å². The lowest BCUT2D eigenvalue weighted by molar-refractivity contribution is -0.665. The molecule has 3 heterocycles. The van der Waals surface area contributed by atoms with Crippen molar-refractivity contribution in [2.24, 2.45) is 4.99 Å². The van der Waals surface area contributed by atoms with Crippen LogP contribution in [0.1, 0.15) is 24.5 Å². The number of hydrogen-bond acceptors (Lipinski definition) is 5. The molecule has 0 amide bonds. The SMILES string of the molecule is CCN1C(=CC2=C([O-])C(=Cc3sc4ccccc4[n+]3CC)C2=NCc2cccc[nH+]2)Sc2ccccc21. The van der Waals surface area contributed by atoms with Gasteiger partial charge in [0.15, 0.2) is 6.20 Å². The predicted molar refractivity (Wildman–Crippen MR) is 150 cm³/mol. The fourth-order valence-electron chi connectivity index (χ4n) is 4.79. The monoisotopic (exact) mass is 523 g/mol. The molecule has 0 saturated carbocycles. The lowest BCUT2D eigenvalue weighted by Crippen LogP contribution is -2.35. The van der Waals surface area contributed by atoms with Gasteiger partial charge in [-0.05, 0) is 43.7 Å². The van der Waals surface area contributed by atoms with Crippen LogP contribution in [0.2, 0.25) is 0 Å². The molecule has 7 heteroatoms. The maximum Gasteiger partial charge on any atom is 0.263 e. The Morgan fingerprint density at radius 3 is 2.62 bits per heavy atom. The second-order valence-electron chi connectivity index (χ2n) is 8.80. The molecule has 1 aliphatic heterocycles. The summed E-state index contributed by atoms with van der Waals surface area (Å²) in [7, 11) is 0. The van der Waals surface area contributed by atoms with Crippen LogP contribution in [0.3, 0.4) is 0 Å². The van der Waals surface area contributed by atoms with E-state index in [0.717, 1.165) is 34.5 Å². The largest absolute Gasteiger partial charge is 0.872 e. The van der Waals surface area contributed by atoms with E-state index in [2.05, 4.69) is 76.8 Å². The first-order valence-electron chi connectivity index (χ1n) is 12.5. The molecule has 6 rings (SSSR count). The number of fused-ring (bicyclic) bond motifs is 2. The van der Waals surface area contributed by atoms with Gasteiger partial charge in [-0.3, -0.25) is 4.99 Å². The van der Waals surface area contributed by atoms with Crippen molar-refractivity contribution in [3.8, 4) is 0 Å². The highest BCUT2D eigenvalue weighted by molar-refractivity contribution is 8.03. The molecule has 2 aromatic carbocycles. The Morgan fingerprint density at radius 1 is 1.00 bits per heavy atom. The molecule has 0 atom stereocenters. The molecule has 1 N–H and O–H groups in total. The van der Waals surface area contributed by atoms with Gasteiger partial charge in [0, 0.05) is 41.3 Å². The summed E-state index contributed by atoms with van der Waals surface area (Å²) in [4.78, 5) is 11.7. The number of allylic oxidation sites excluding steroid dienone is 3. The zero-order chi connectivity index (χ0) is 25.4. The molecular weight excluding hydrogens is 496 g/mol. The van der Waals surface area contributed by atoms with E-state index in [0.29, 0.717) is 17.7 Å². The molecule has 37 heavy (non-hydrogen) atoms. The molecular formula is C30H27N4OS2+. The highest BCUT2D eigenvalue weighted by Crippen LogP contribution is 2.47. The Balaban J connectivity index is 1.44. The molecule has 2 aromatic heterocycles. The summed E-state index contributed by atoms with van der Waals surface area (Å²) in [5.41, 5.74) is 5.53. The normalized spacial score (nSPS) is 18.3. The number of aromatic nitrogens is 2. The van der Waals surface area contributed by atoms with Gasteiger partial charge in [-0.15, -0.1) is 0 Å². The van der Waals surface area contributed by atoms with Crippen molar-refractivity contribution in [1.82, 2.24) is 0 Å². The van der Waals surface area contributed by atoms with Crippen LogP contribution in [0, 0.1) is 0 Å². The molecule has 4 aromatic rings. The Hall–Kier alpha value is -3.68. The van der Waals surface area contributed by atoms with Crippen LogP contribution < -0.4 is 19.6 Å². The second-order valence-corrected chi connectivity index (χ2v) is 10.9. The Labute approximate surface area is 224 Å². The average Bonchev–Trinajstić information content (AvgIpc) is 3.48. The summed E-state index contributed by atoms with van der Waals surface area (Å²) >= 11 is 3.42. The number of aryl methyl sites for hydroxylation is 1. The first kappa shape index (κ1) is 23.7. The van der Waals surface area contributed by atoms with Crippen LogP contribution in [-0.4, -0.2) is 12.3 Å². The molecule has 0 unspecified atom stereocenters.